The van der Waals surface area contributed by atoms with E-state index in [1.54, 1.807) is 43.4 Å². The molecule has 1 unspecified atom stereocenters. The molecule has 2 amide bonds. The third-order valence-corrected chi connectivity index (χ3v) is 6.17. The number of likely N-dealkylation sites (tertiary alicyclic amines) is 1. The average Bonchev–Trinajstić information content (AvgIpc) is 3.38. The van der Waals surface area contributed by atoms with Crippen molar-refractivity contribution in [2.24, 2.45) is 0 Å². The van der Waals surface area contributed by atoms with Crippen LogP contribution in [0.2, 0.25) is 5.02 Å². The molecule has 8 heteroatoms. The minimum atomic E-state index is -0.374. The van der Waals surface area contributed by atoms with E-state index in [9.17, 15) is 9.59 Å². The van der Waals surface area contributed by atoms with Crippen LogP contribution in [-0.4, -0.2) is 44.1 Å². The quantitative estimate of drug-likeness (QED) is 0.456. The molecule has 0 spiro atoms. The van der Waals surface area contributed by atoms with E-state index < -0.39 is 0 Å². The summed E-state index contributed by atoms with van der Waals surface area (Å²) >= 11 is 6.14. The maximum Gasteiger partial charge on any atom is 0.261 e. The topological polar surface area (TPSA) is 77.1 Å². The van der Waals surface area contributed by atoms with Crippen LogP contribution >= 0.6 is 11.6 Å². The number of hydrogen-bond donors (Lipinski definition) is 1. The molecular formula is C27H27ClN2O5. The molecule has 7 nitrogen and oxygen atoms in total. The highest BCUT2D eigenvalue weighted by Crippen LogP contribution is 2.39. The van der Waals surface area contributed by atoms with E-state index >= 15 is 0 Å². The lowest BCUT2D eigenvalue weighted by atomic mass is 10.0. The largest absolute Gasteiger partial charge is 0.497 e. The number of carbonyl (C=O) groups is 2. The van der Waals surface area contributed by atoms with Crippen molar-refractivity contribution in [3.63, 3.8) is 0 Å². The Labute approximate surface area is 209 Å². The number of carbonyl (C=O) groups excluding carboxylic acids is 2. The van der Waals surface area contributed by atoms with Gasteiger partial charge in [-0.3, -0.25) is 9.59 Å². The number of methoxy groups -OCH3 is 2. The molecule has 0 radical (unpaired) electrons. The van der Waals surface area contributed by atoms with Crippen molar-refractivity contribution in [1.82, 2.24) is 4.90 Å². The zero-order valence-corrected chi connectivity index (χ0v) is 20.4. The minimum absolute atomic E-state index is 0.151. The van der Waals surface area contributed by atoms with Crippen molar-refractivity contribution < 1.29 is 23.8 Å². The normalized spacial score (nSPS) is 14.9. The molecule has 1 heterocycles. The molecule has 35 heavy (non-hydrogen) atoms. The first kappa shape index (κ1) is 24.4. The highest BCUT2D eigenvalue weighted by atomic mass is 35.5. The Bertz CT molecular complexity index is 1200. The van der Waals surface area contributed by atoms with Gasteiger partial charge in [-0.2, -0.15) is 0 Å². The molecule has 0 bridgehead atoms. The van der Waals surface area contributed by atoms with E-state index in [4.69, 9.17) is 25.8 Å². The van der Waals surface area contributed by atoms with Crippen molar-refractivity contribution in [1.29, 1.82) is 0 Å². The van der Waals surface area contributed by atoms with Crippen LogP contribution in [0.1, 0.15) is 34.8 Å². The molecule has 1 aliphatic heterocycles. The molecule has 1 aliphatic rings. The van der Waals surface area contributed by atoms with Crippen LogP contribution in [-0.2, 0) is 4.79 Å². The van der Waals surface area contributed by atoms with E-state index in [1.807, 2.05) is 36.4 Å². The standard InChI is InChI=1S/C27H27ClN2O5/c1-33-20-11-13-24(34-2)21(16-20)23-9-6-14-30(23)26(31)17-35-25-12-10-18(28)15-22(25)27(32)29-19-7-4-3-5-8-19/h3-5,7-8,10-13,15-16,23H,6,9,14,17H2,1-2H3,(H,29,32). The fourth-order valence-corrected chi connectivity index (χ4v) is 4.41. The summed E-state index contributed by atoms with van der Waals surface area (Å²) in [5.74, 6) is 1.13. The zero-order chi connectivity index (χ0) is 24.8. The van der Waals surface area contributed by atoms with Gasteiger partial charge in [0.15, 0.2) is 6.61 Å². The molecule has 0 saturated carbocycles. The predicted molar refractivity (Wildman–Crippen MR) is 135 cm³/mol. The summed E-state index contributed by atoms with van der Waals surface area (Å²) in [5, 5.41) is 3.22. The molecule has 0 aromatic heterocycles. The van der Waals surface area contributed by atoms with Gasteiger partial charge in [0, 0.05) is 22.8 Å². The van der Waals surface area contributed by atoms with Crippen molar-refractivity contribution in [3.8, 4) is 17.2 Å². The van der Waals surface area contributed by atoms with Crippen LogP contribution in [0, 0.1) is 0 Å². The number of hydrogen-bond acceptors (Lipinski definition) is 5. The molecule has 3 aromatic carbocycles. The number of para-hydroxylation sites is 1. The first-order chi connectivity index (χ1) is 17.0. The summed E-state index contributed by atoms with van der Waals surface area (Å²) < 4.78 is 16.7. The molecule has 0 aliphatic carbocycles. The molecule has 1 atom stereocenters. The van der Waals surface area contributed by atoms with E-state index in [1.165, 1.54) is 6.07 Å². The summed E-state index contributed by atoms with van der Waals surface area (Å²) in [6.45, 7) is 0.394. The van der Waals surface area contributed by atoms with Gasteiger partial charge in [-0.15, -0.1) is 0 Å². The van der Waals surface area contributed by atoms with Crippen LogP contribution in [0.25, 0.3) is 0 Å². The lowest BCUT2D eigenvalue weighted by molar-refractivity contribution is -0.134. The van der Waals surface area contributed by atoms with Gasteiger partial charge < -0.3 is 24.4 Å². The van der Waals surface area contributed by atoms with Gasteiger partial charge >= 0.3 is 0 Å². The van der Waals surface area contributed by atoms with Gasteiger partial charge in [-0.25, -0.2) is 0 Å². The van der Waals surface area contributed by atoms with Crippen LogP contribution in [0.4, 0.5) is 5.69 Å². The Balaban J connectivity index is 1.49. The second-order valence-corrected chi connectivity index (χ2v) is 8.54. The van der Waals surface area contributed by atoms with Crippen molar-refractivity contribution >= 4 is 29.1 Å². The molecular weight excluding hydrogens is 468 g/mol. The summed E-state index contributed by atoms with van der Waals surface area (Å²) in [4.78, 5) is 27.9. The number of nitrogens with zero attached hydrogens (tertiary/aromatic N) is 1. The summed E-state index contributed by atoms with van der Waals surface area (Å²) in [7, 11) is 3.22. The molecule has 3 aromatic rings. The highest BCUT2D eigenvalue weighted by Gasteiger charge is 2.32. The predicted octanol–water partition coefficient (Wildman–Crippen LogP) is 5.35. The van der Waals surface area contributed by atoms with Crippen LogP contribution in [0.15, 0.2) is 66.7 Å². The smallest absolute Gasteiger partial charge is 0.261 e. The Hall–Kier alpha value is -3.71. The minimum Gasteiger partial charge on any atom is -0.497 e. The zero-order valence-electron chi connectivity index (χ0n) is 19.6. The third-order valence-electron chi connectivity index (χ3n) is 5.94. The monoisotopic (exact) mass is 494 g/mol. The molecule has 1 fully saturated rings. The highest BCUT2D eigenvalue weighted by molar-refractivity contribution is 6.31. The Morgan fingerprint density at radius 1 is 1.00 bits per heavy atom. The first-order valence-electron chi connectivity index (χ1n) is 11.3. The Morgan fingerprint density at radius 3 is 2.51 bits per heavy atom. The maximum atomic E-state index is 13.2. The summed E-state index contributed by atoms with van der Waals surface area (Å²) in [6.07, 6.45) is 1.67. The van der Waals surface area contributed by atoms with Gasteiger partial charge in [0.05, 0.1) is 25.8 Å². The second kappa shape index (κ2) is 11.1. The molecule has 4 rings (SSSR count). The fourth-order valence-electron chi connectivity index (χ4n) is 4.24. The Kier molecular flexibility index (Phi) is 7.77. The molecule has 1 saturated heterocycles. The molecule has 1 N–H and O–H groups in total. The lowest BCUT2D eigenvalue weighted by Crippen LogP contribution is -2.34. The third kappa shape index (κ3) is 5.69. The van der Waals surface area contributed by atoms with E-state index in [2.05, 4.69) is 5.32 Å². The van der Waals surface area contributed by atoms with Gasteiger partial charge in [0.1, 0.15) is 17.2 Å². The molecule has 182 valence electrons. The van der Waals surface area contributed by atoms with Gasteiger partial charge in [-0.1, -0.05) is 29.8 Å². The lowest BCUT2D eigenvalue weighted by Gasteiger charge is -2.27. The van der Waals surface area contributed by atoms with Crippen LogP contribution in [0.3, 0.4) is 0 Å². The van der Waals surface area contributed by atoms with Gasteiger partial charge in [0.2, 0.25) is 0 Å². The van der Waals surface area contributed by atoms with Crippen LogP contribution in [0.5, 0.6) is 17.2 Å². The number of anilines is 1. The SMILES string of the molecule is COc1ccc(OC)c(C2CCCN2C(=O)COc2ccc(Cl)cc2C(=O)Nc2ccccc2)c1. The van der Waals surface area contributed by atoms with E-state index in [0.29, 0.717) is 28.8 Å². The summed E-state index contributed by atoms with van der Waals surface area (Å²) in [6, 6.07) is 19.3. The van der Waals surface area contributed by atoms with E-state index in [-0.39, 0.29) is 35.8 Å². The maximum absolute atomic E-state index is 13.2. The number of rotatable bonds is 8. The second-order valence-electron chi connectivity index (χ2n) is 8.10. The Morgan fingerprint density at radius 2 is 1.77 bits per heavy atom. The summed E-state index contributed by atoms with van der Waals surface area (Å²) in [5.41, 5.74) is 1.79. The number of ether oxygens (including phenoxy) is 3. The van der Waals surface area contributed by atoms with Crippen molar-refractivity contribution in [3.05, 3.63) is 82.9 Å². The van der Waals surface area contributed by atoms with Crippen LogP contribution < -0.4 is 19.5 Å². The number of amides is 2. The first-order valence-corrected chi connectivity index (χ1v) is 11.7. The van der Waals surface area contributed by atoms with Crippen molar-refractivity contribution in [2.75, 3.05) is 32.7 Å². The number of halogens is 1. The van der Waals surface area contributed by atoms with Gasteiger partial charge in [-0.05, 0) is 61.4 Å². The number of benzene rings is 3. The average molecular weight is 495 g/mol. The fraction of sp³-hybridized carbons (Fsp3) is 0.259. The number of nitrogens with one attached hydrogen (secondary N) is 1. The van der Waals surface area contributed by atoms with Gasteiger partial charge in [0.25, 0.3) is 11.8 Å². The van der Waals surface area contributed by atoms with E-state index in [0.717, 1.165) is 18.4 Å². The van der Waals surface area contributed by atoms with Crippen molar-refractivity contribution in [2.45, 2.75) is 18.9 Å².